The van der Waals surface area contributed by atoms with E-state index in [2.05, 4.69) is 16.0 Å². The molecule has 0 aliphatic rings. The molecule has 0 aromatic carbocycles. The molecule has 0 saturated heterocycles. The summed E-state index contributed by atoms with van der Waals surface area (Å²) >= 11 is 0.102. The van der Waals surface area contributed by atoms with Gasteiger partial charge >= 0.3 is 46.3 Å². The van der Waals surface area contributed by atoms with Crippen LogP contribution in [0.15, 0.2) is 10.3 Å². The number of nitrogens with zero attached hydrogens (tertiary/aromatic N) is 1. The molecule has 2 heteroatoms. The van der Waals surface area contributed by atoms with Crippen LogP contribution in [-0.2, 0) is 0 Å². The standard InChI is InChI=1S/C4H5NTe/c1-4-5-2-3-6-4/h2-3H,1H3. The van der Waals surface area contributed by atoms with E-state index in [-0.39, 0.29) is 20.4 Å². The molecule has 0 aliphatic heterocycles. The zero-order valence-corrected chi connectivity index (χ0v) is 5.84. The molecule has 0 atom stereocenters. The van der Waals surface area contributed by atoms with Crippen molar-refractivity contribution in [1.82, 2.24) is 4.98 Å². The molecule has 1 aromatic rings. The minimum absolute atomic E-state index is 0.102. The van der Waals surface area contributed by atoms with Gasteiger partial charge in [0.2, 0.25) is 0 Å². The van der Waals surface area contributed by atoms with Crippen LogP contribution in [0.25, 0.3) is 0 Å². The van der Waals surface area contributed by atoms with Gasteiger partial charge in [0.15, 0.2) is 0 Å². The van der Waals surface area contributed by atoms with Crippen LogP contribution in [0.1, 0.15) is 3.71 Å². The summed E-state index contributed by atoms with van der Waals surface area (Å²) in [6, 6.07) is 0. The van der Waals surface area contributed by atoms with Crippen molar-refractivity contribution in [2.75, 3.05) is 0 Å². The van der Waals surface area contributed by atoms with E-state index >= 15 is 0 Å². The Labute approximate surface area is 46.6 Å². The molecule has 32 valence electrons. The third-order valence-electron chi connectivity index (χ3n) is 0.556. The Bertz CT molecular complexity index is 111. The van der Waals surface area contributed by atoms with Crippen molar-refractivity contribution >= 4 is 20.4 Å². The van der Waals surface area contributed by atoms with E-state index in [1.54, 1.807) is 0 Å². The van der Waals surface area contributed by atoms with Crippen LogP contribution in [0.4, 0.5) is 0 Å². The Morgan fingerprint density at radius 3 is 2.83 bits per heavy atom. The quantitative estimate of drug-likeness (QED) is 0.547. The molecule has 6 heavy (non-hydrogen) atoms. The number of aryl methyl sites for hydroxylation is 1. The zero-order valence-electron chi connectivity index (χ0n) is 3.51. The van der Waals surface area contributed by atoms with Crippen LogP contribution >= 0.6 is 0 Å². The van der Waals surface area contributed by atoms with Gasteiger partial charge in [0.1, 0.15) is 0 Å². The predicted octanol–water partition coefficient (Wildman–Crippen LogP) is 0.447. The van der Waals surface area contributed by atoms with Crippen molar-refractivity contribution in [3.05, 3.63) is 14.0 Å². The van der Waals surface area contributed by atoms with E-state index in [1.807, 2.05) is 6.20 Å². The van der Waals surface area contributed by atoms with Gasteiger partial charge < -0.3 is 0 Å². The van der Waals surface area contributed by atoms with Crippen LogP contribution in [0.3, 0.4) is 0 Å². The monoisotopic (exact) mass is 197 g/mol. The second-order valence-electron chi connectivity index (χ2n) is 1.05. The second-order valence-corrected chi connectivity index (χ2v) is 4.19. The molecule has 1 rings (SSSR count). The molecule has 0 unspecified atom stereocenters. The maximum atomic E-state index is 4.03. The first-order chi connectivity index (χ1) is 2.89. The fourth-order valence-electron chi connectivity index (χ4n) is 0.295. The van der Waals surface area contributed by atoms with E-state index in [0.29, 0.717) is 0 Å². The van der Waals surface area contributed by atoms with Gasteiger partial charge in [-0.1, -0.05) is 0 Å². The van der Waals surface area contributed by atoms with Crippen molar-refractivity contribution in [3.63, 3.8) is 0 Å². The number of hydrogen-bond donors (Lipinski definition) is 0. The predicted molar refractivity (Wildman–Crippen MR) is 25.9 cm³/mol. The average molecular weight is 195 g/mol. The molecule has 1 heterocycles. The number of aromatic nitrogens is 1. The SMILES string of the molecule is Cc1ncc[te]1. The summed E-state index contributed by atoms with van der Waals surface area (Å²) in [4.78, 5) is 4.03. The second kappa shape index (κ2) is 1.77. The Morgan fingerprint density at radius 2 is 2.67 bits per heavy atom. The molecular formula is C4H5NTe. The average Bonchev–Trinajstić information content (AvgIpc) is 1.86. The summed E-state index contributed by atoms with van der Waals surface area (Å²) in [5, 5.41) is 0. The van der Waals surface area contributed by atoms with Crippen molar-refractivity contribution in [1.29, 1.82) is 0 Å². The van der Waals surface area contributed by atoms with Crippen LogP contribution in [0, 0.1) is 6.92 Å². The molecule has 1 nitrogen and oxygen atoms in total. The van der Waals surface area contributed by atoms with Gasteiger partial charge in [-0.25, -0.2) is 0 Å². The van der Waals surface area contributed by atoms with Crippen molar-refractivity contribution < 1.29 is 0 Å². The molecule has 0 saturated carbocycles. The Kier molecular flexibility index (Phi) is 1.29. The third-order valence-corrected chi connectivity index (χ3v) is 2.57. The van der Waals surface area contributed by atoms with E-state index in [9.17, 15) is 0 Å². The van der Waals surface area contributed by atoms with E-state index < -0.39 is 0 Å². The molecule has 0 spiro atoms. The van der Waals surface area contributed by atoms with Crippen LogP contribution in [0.5, 0.6) is 0 Å². The molecule has 0 aliphatic carbocycles. The van der Waals surface area contributed by atoms with E-state index in [1.165, 1.54) is 3.71 Å². The van der Waals surface area contributed by atoms with Gasteiger partial charge in [0.05, 0.1) is 0 Å². The summed E-state index contributed by atoms with van der Waals surface area (Å²) in [5.74, 6) is 0. The van der Waals surface area contributed by atoms with Crippen LogP contribution in [0.2, 0.25) is 0 Å². The number of hydrogen-bond acceptors (Lipinski definition) is 1. The molecule has 0 bridgehead atoms. The van der Waals surface area contributed by atoms with Gasteiger partial charge in [-0.05, 0) is 0 Å². The first-order valence-electron chi connectivity index (χ1n) is 1.75. The topological polar surface area (TPSA) is 12.9 Å². The summed E-state index contributed by atoms with van der Waals surface area (Å²) in [7, 11) is 0. The van der Waals surface area contributed by atoms with E-state index in [4.69, 9.17) is 0 Å². The third kappa shape index (κ3) is 0.829. The van der Waals surface area contributed by atoms with Gasteiger partial charge in [0.25, 0.3) is 0 Å². The van der Waals surface area contributed by atoms with E-state index in [0.717, 1.165) is 0 Å². The summed E-state index contributed by atoms with van der Waals surface area (Å²) in [6.07, 6.45) is 1.90. The summed E-state index contributed by atoms with van der Waals surface area (Å²) < 4.78 is 3.53. The van der Waals surface area contributed by atoms with Crippen molar-refractivity contribution in [3.8, 4) is 0 Å². The fourth-order valence-corrected chi connectivity index (χ4v) is 1.55. The summed E-state index contributed by atoms with van der Waals surface area (Å²) in [5.41, 5.74) is 0. The Hall–Kier alpha value is 0.200. The summed E-state index contributed by atoms with van der Waals surface area (Å²) in [6.45, 7) is 2.09. The van der Waals surface area contributed by atoms with Crippen LogP contribution in [-0.4, -0.2) is 25.4 Å². The van der Waals surface area contributed by atoms with Crippen molar-refractivity contribution in [2.24, 2.45) is 0 Å². The molecule has 1 aromatic heterocycles. The molecule has 0 radical (unpaired) electrons. The maximum absolute atomic E-state index is 4.03. The molecule has 0 N–H and O–H groups in total. The normalized spacial score (nSPS) is 8.83. The first-order valence-corrected chi connectivity index (χ1v) is 4.27. The minimum atomic E-state index is 0.102. The molecule has 0 fully saturated rings. The molecule has 0 amide bonds. The first kappa shape index (κ1) is 4.36. The molecular weight excluding hydrogens is 190 g/mol. The Morgan fingerprint density at radius 1 is 1.83 bits per heavy atom. The number of rotatable bonds is 0. The van der Waals surface area contributed by atoms with Gasteiger partial charge in [-0.2, -0.15) is 0 Å². The van der Waals surface area contributed by atoms with Crippen LogP contribution < -0.4 is 0 Å². The zero-order chi connectivity index (χ0) is 4.41. The van der Waals surface area contributed by atoms with Gasteiger partial charge in [0, 0.05) is 0 Å². The Balaban J connectivity index is 3.05. The van der Waals surface area contributed by atoms with Crippen molar-refractivity contribution in [2.45, 2.75) is 6.92 Å². The van der Waals surface area contributed by atoms with Gasteiger partial charge in [-0.15, -0.1) is 0 Å². The van der Waals surface area contributed by atoms with Gasteiger partial charge in [-0.3, -0.25) is 0 Å². The fraction of sp³-hybridized carbons (Fsp3) is 0.250.